The van der Waals surface area contributed by atoms with Crippen LogP contribution in [0.5, 0.6) is 0 Å². The average Bonchev–Trinajstić information content (AvgIpc) is 3.16. The number of rotatable bonds is 4. The number of carbonyl (C=O) groups excluding carboxylic acids is 1. The summed E-state index contributed by atoms with van der Waals surface area (Å²) in [5, 5.41) is 6.01. The highest BCUT2D eigenvalue weighted by Gasteiger charge is 2.29. The molecule has 0 aliphatic heterocycles. The topological polar surface area (TPSA) is 60.1 Å². The molecule has 0 N–H and O–H groups in total. The second-order valence-electron chi connectivity index (χ2n) is 7.59. The minimum atomic E-state index is 0.0712. The zero-order valence-electron chi connectivity index (χ0n) is 16.4. The van der Waals surface area contributed by atoms with Gasteiger partial charge in [0.05, 0.1) is 11.3 Å². The predicted molar refractivity (Wildman–Crippen MR) is 118 cm³/mol. The molecular weight excluding hydrogens is 416 g/mol. The standard InChI is InChI=1S/C23H19ClN4OS/c1-14-4-2-5-15(8-14)13-30-23-26-22-25-12-19-20(28(22)27-23)10-17(11-21(19)29)16-6-3-7-18(24)9-16/h2-9,12,17H,10-11,13H2,1H3. The Morgan fingerprint density at radius 1 is 1.17 bits per heavy atom. The van der Waals surface area contributed by atoms with Crippen molar-refractivity contribution in [1.29, 1.82) is 0 Å². The van der Waals surface area contributed by atoms with E-state index in [2.05, 4.69) is 46.3 Å². The van der Waals surface area contributed by atoms with Gasteiger partial charge in [-0.1, -0.05) is 65.3 Å². The highest BCUT2D eigenvalue weighted by molar-refractivity contribution is 7.98. The normalized spacial score (nSPS) is 16.1. The van der Waals surface area contributed by atoms with E-state index in [0.29, 0.717) is 34.4 Å². The van der Waals surface area contributed by atoms with E-state index in [1.165, 1.54) is 11.1 Å². The van der Waals surface area contributed by atoms with Crippen molar-refractivity contribution in [2.75, 3.05) is 0 Å². The van der Waals surface area contributed by atoms with Gasteiger partial charge >= 0.3 is 0 Å². The molecule has 0 bridgehead atoms. The maximum absolute atomic E-state index is 12.8. The zero-order chi connectivity index (χ0) is 20.7. The number of aromatic nitrogens is 4. The molecule has 1 aliphatic carbocycles. The van der Waals surface area contributed by atoms with E-state index >= 15 is 0 Å². The molecule has 2 aromatic carbocycles. The molecule has 0 saturated heterocycles. The molecule has 0 amide bonds. The van der Waals surface area contributed by atoms with Gasteiger partial charge in [0.15, 0.2) is 5.78 Å². The quantitative estimate of drug-likeness (QED) is 0.408. The van der Waals surface area contributed by atoms with Gasteiger partial charge in [-0.05, 0) is 42.5 Å². The number of ketones is 1. The van der Waals surface area contributed by atoms with Crippen LogP contribution < -0.4 is 0 Å². The van der Waals surface area contributed by atoms with Gasteiger partial charge in [0.2, 0.25) is 5.16 Å². The lowest BCUT2D eigenvalue weighted by atomic mass is 9.82. The van der Waals surface area contributed by atoms with Gasteiger partial charge in [-0.2, -0.15) is 9.50 Å². The summed E-state index contributed by atoms with van der Waals surface area (Å²) in [6, 6.07) is 16.1. The summed E-state index contributed by atoms with van der Waals surface area (Å²) in [4.78, 5) is 21.8. The van der Waals surface area contributed by atoms with Crippen LogP contribution in [0.3, 0.4) is 0 Å². The minimum absolute atomic E-state index is 0.0712. The Balaban J connectivity index is 1.46. The first-order valence-corrected chi connectivity index (χ1v) is 11.1. The minimum Gasteiger partial charge on any atom is -0.294 e. The predicted octanol–water partition coefficient (Wildman–Crippen LogP) is 5.29. The van der Waals surface area contributed by atoms with Crippen molar-refractivity contribution in [3.8, 4) is 0 Å². The van der Waals surface area contributed by atoms with Gasteiger partial charge in [-0.15, -0.1) is 5.10 Å². The molecule has 5 nitrogen and oxygen atoms in total. The van der Waals surface area contributed by atoms with Crippen LogP contribution in [-0.4, -0.2) is 25.4 Å². The third-order valence-electron chi connectivity index (χ3n) is 5.39. The summed E-state index contributed by atoms with van der Waals surface area (Å²) in [5.41, 5.74) is 5.04. The number of Topliss-reactive ketones (excluding diaryl/α,β-unsaturated/α-hetero) is 1. The van der Waals surface area contributed by atoms with E-state index in [0.717, 1.165) is 17.0 Å². The molecular formula is C23H19ClN4OS. The number of hydrogen-bond acceptors (Lipinski definition) is 5. The summed E-state index contributed by atoms with van der Waals surface area (Å²) in [6.07, 6.45) is 2.79. The molecule has 0 fully saturated rings. The third kappa shape index (κ3) is 3.73. The number of nitrogens with zero attached hydrogens (tertiary/aromatic N) is 4. The van der Waals surface area contributed by atoms with Gasteiger partial charge < -0.3 is 0 Å². The Hall–Kier alpha value is -2.70. The zero-order valence-corrected chi connectivity index (χ0v) is 18.0. The van der Waals surface area contributed by atoms with Crippen LogP contribution in [0.1, 0.15) is 45.1 Å². The Kier molecular flexibility index (Phi) is 5.05. The lowest BCUT2D eigenvalue weighted by Gasteiger charge is -2.24. The second-order valence-corrected chi connectivity index (χ2v) is 8.96. The van der Waals surface area contributed by atoms with Crippen molar-refractivity contribution >= 4 is 34.9 Å². The molecule has 2 aromatic heterocycles. The number of hydrogen-bond donors (Lipinski definition) is 0. The molecule has 150 valence electrons. The molecule has 7 heteroatoms. The molecule has 1 atom stereocenters. The van der Waals surface area contributed by atoms with E-state index in [4.69, 9.17) is 11.6 Å². The Morgan fingerprint density at radius 3 is 2.87 bits per heavy atom. The fraction of sp³-hybridized carbons (Fsp3) is 0.217. The van der Waals surface area contributed by atoms with Crippen LogP contribution >= 0.6 is 23.4 Å². The monoisotopic (exact) mass is 434 g/mol. The van der Waals surface area contributed by atoms with Crippen molar-refractivity contribution in [1.82, 2.24) is 19.6 Å². The number of carbonyl (C=O) groups is 1. The number of halogens is 1. The number of thioether (sulfide) groups is 1. The van der Waals surface area contributed by atoms with Crippen LogP contribution in [0.25, 0.3) is 5.78 Å². The molecule has 2 heterocycles. The Labute approximate surface area is 183 Å². The van der Waals surface area contributed by atoms with Crippen molar-refractivity contribution in [2.45, 2.75) is 36.6 Å². The first kappa shape index (κ1) is 19.3. The van der Waals surface area contributed by atoms with Crippen molar-refractivity contribution < 1.29 is 4.79 Å². The average molecular weight is 435 g/mol. The second kappa shape index (κ2) is 7.85. The van der Waals surface area contributed by atoms with E-state index in [1.54, 1.807) is 22.5 Å². The van der Waals surface area contributed by atoms with Crippen LogP contribution in [-0.2, 0) is 12.2 Å². The summed E-state index contributed by atoms with van der Waals surface area (Å²) in [7, 11) is 0. The Morgan fingerprint density at radius 2 is 2.03 bits per heavy atom. The number of aryl methyl sites for hydroxylation is 1. The van der Waals surface area contributed by atoms with Gasteiger partial charge in [0.25, 0.3) is 5.78 Å². The molecule has 0 saturated carbocycles. The number of benzene rings is 2. The molecule has 30 heavy (non-hydrogen) atoms. The summed E-state index contributed by atoms with van der Waals surface area (Å²) >= 11 is 7.74. The maximum Gasteiger partial charge on any atom is 0.253 e. The molecule has 0 radical (unpaired) electrons. The smallest absolute Gasteiger partial charge is 0.253 e. The molecule has 4 aromatic rings. The molecule has 5 rings (SSSR count). The van der Waals surface area contributed by atoms with Crippen LogP contribution in [0, 0.1) is 6.92 Å². The SMILES string of the molecule is Cc1cccc(CSc2nc3ncc4c(n3n2)CC(c2cccc(Cl)c2)CC4=O)c1. The van der Waals surface area contributed by atoms with Gasteiger partial charge in [-0.25, -0.2) is 4.98 Å². The molecule has 0 spiro atoms. The summed E-state index contributed by atoms with van der Waals surface area (Å²) < 4.78 is 1.74. The maximum atomic E-state index is 12.8. The first-order valence-electron chi connectivity index (χ1n) is 9.78. The van der Waals surface area contributed by atoms with E-state index in [1.807, 2.05) is 24.3 Å². The lowest BCUT2D eigenvalue weighted by molar-refractivity contribution is 0.0962. The fourth-order valence-electron chi connectivity index (χ4n) is 3.94. The molecule has 1 aliphatic rings. The van der Waals surface area contributed by atoms with Crippen molar-refractivity contribution in [3.05, 3.63) is 87.7 Å². The van der Waals surface area contributed by atoms with Gasteiger partial charge in [0, 0.05) is 23.4 Å². The van der Waals surface area contributed by atoms with Crippen molar-refractivity contribution in [2.24, 2.45) is 0 Å². The summed E-state index contributed by atoms with van der Waals surface area (Å²) in [6.45, 7) is 2.08. The van der Waals surface area contributed by atoms with Crippen molar-refractivity contribution in [3.63, 3.8) is 0 Å². The highest BCUT2D eigenvalue weighted by Crippen LogP contribution is 2.33. The van der Waals surface area contributed by atoms with E-state index in [9.17, 15) is 4.79 Å². The van der Waals surface area contributed by atoms with Crippen LogP contribution in [0.15, 0.2) is 59.9 Å². The van der Waals surface area contributed by atoms with E-state index < -0.39 is 0 Å². The lowest BCUT2D eigenvalue weighted by Crippen LogP contribution is -2.22. The summed E-state index contributed by atoms with van der Waals surface area (Å²) in [5.74, 6) is 1.46. The Bertz CT molecular complexity index is 1270. The van der Waals surface area contributed by atoms with Crippen LogP contribution in [0.4, 0.5) is 0 Å². The fourth-order valence-corrected chi connectivity index (χ4v) is 4.90. The largest absolute Gasteiger partial charge is 0.294 e. The first-order chi connectivity index (χ1) is 14.6. The highest BCUT2D eigenvalue weighted by atomic mass is 35.5. The molecule has 1 unspecified atom stereocenters. The third-order valence-corrected chi connectivity index (χ3v) is 6.53. The van der Waals surface area contributed by atoms with E-state index in [-0.39, 0.29) is 11.7 Å². The number of fused-ring (bicyclic) bond motifs is 3. The van der Waals surface area contributed by atoms with Gasteiger partial charge in [0.1, 0.15) is 0 Å². The van der Waals surface area contributed by atoms with Crippen LogP contribution in [0.2, 0.25) is 5.02 Å². The van der Waals surface area contributed by atoms with Gasteiger partial charge in [-0.3, -0.25) is 4.79 Å².